The van der Waals surface area contributed by atoms with Crippen molar-refractivity contribution in [1.82, 2.24) is 14.5 Å². The summed E-state index contributed by atoms with van der Waals surface area (Å²) in [5.74, 6) is 0.0372. The molecule has 3 heterocycles. The second-order valence-electron chi connectivity index (χ2n) is 8.21. The van der Waals surface area contributed by atoms with E-state index in [1.54, 1.807) is 4.57 Å². The average molecular weight is 492 g/mol. The standard InChI is InChI=1S/C26H25N3O3S2/c1-17-8-6-7-11-21(17)29-25(31)20-16-22(19-9-4-3-5-10-19)34-23(20)27-26(29)33-18(2)24(30)28-12-14-32-15-13-28/h3-11,16,18H,12-15H2,1-2H3. The van der Waals surface area contributed by atoms with E-state index >= 15 is 0 Å². The van der Waals surface area contributed by atoms with Crippen molar-refractivity contribution >= 4 is 39.2 Å². The van der Waals surface area contributed by atoms with E-state index in [2.05, 4.69) is 0 Å². The lowest BCUT2D eigenvalue weighted by Gasteiger charge is -2.29. The monoisotopic (exact) mass is 491 g/mol. The molecule has 0 N–H and O–H groups in total. The molecule has 2 aromatic carbocycles. The van der Waals surface area contributed by atoms with Crippen LogP contribution < -0.4 is 5.56 Å². The van der Waals surface area contributed by atoms with Crippen LogP contribution in [0.3, 0.4) is 0 Å². The number of amides is 1. The zero-order chi connectivity index (χ0) is 23.7. The molecule has 34 heavy (non-hydrogen) atoms. The van der Waals surface area contributed by atoms with Gasteiger partial charge in [0, 0.05) is 18.0 Å². The molecule has 1 amide bonds. The Morgan fingerprint density at radius 2 is 1.79 bits per heavy atom. The predicted octanol–water partition coefficient (Wildman–Crippen LogP) is 4.76. The van der Waals surface area contributed by atoms with Crippen LogP contribution in [-0.4, -0.2) is 51.9 Å². The van der Waals surface area contributed by atoms with Gasteiger partial charge in [-0.1, -0.05) is 60.3 Å². The van der Waals surface area contributed by atoms with Crippen molar-refractivity contribution in [2.45, 2.75) is 24.3 Å². The smallest absolute Gasteiger partial charge is 0.267 e. The first-order valence-corrected chi connectivity index (χ1v) is 12.9. The Balaban J connectivity index is 1.61. The van der Waals surface area contributed by atoms with Gasteiger partial charge >= 0.3 is 0 Å². The van der Waals surface area contributed by atoms with Crippen molar-refractivity contribution in [1.29, 1.82) is 0 Å². The lowest BCUT2D eigenvalue weighted by molar-refractivity contribution is -0.134. The molecule has 5 rings (SSSR count). The number of hydrogen-bond donors (Lipinski definition) is 0. The molecule has 1 aliphatic heterocycles. The third-order valence-electron chi connectivity index (χ3n) is 5.90. The molecule has 1 saturated heterocycles. The number of thiophene rings is 1. The van der Waals surface area contributed by atoms with Gasteiger partial charge in [0.15, 0.2) is 5.16 Å². The highest BCUT2D eigenvalue weighted by Gasteiger charge is 2.26. The van der Waals surface area contributed by atoms with E-state index in [-0.39, 0.29) is 16.7 Å². The fourth-order valence-electron chi connectivity index (χ4n) is 4.06. The topological polar surface area (TPSA) is 64.4 Å². The second-order valence-corrected chi connectivity index (χ2v) is 10.6. The lowest BCUT2D eigenvalue weighted by atomic mass is 10.2. The summed E-state index contributed by atoms with van der Waals surface area (Å²) >= 11 is 2.84. The Morgan fingerprint density at radius 3 is 2.53 bits per heavy atom. The molecule has 4 aromatic rings. The number of fused-ring (bicyclic) bond motifs is 1. The van der Waals surface area contributed by atoms with E-state index in [4.69, 9.17) is 9.72 Å². The van der Waals surface area contributed by atoms with E-state index in [0.717, 1.165) is 21.7 Å². The second kappa shape index (κ2) is 9.74. The molecule has 0 aliphatic carbocycles. The number of carbonyl (C=O) groups excluding carboxylic acids is 1. The van der Waals surface area contributed by atoms with Crippen LogP contribution in [-0.2, 0) is 9.53 Å². The fourth-order valence-corrected chi connectivity index (χ4v) is 6.14. The van der Waals surface area contributed by atoms with Crippen molar-refractivity contribution in [3.8, 4) is 16.1 Å². The number of aryl methyl sites for hydroxylation is 1. The Kier molecular flexibility index (Phi) is 6.54. The number of hydrogen-bond acceptors (Lipinski definition) is 6. The first kappa shape index (κ1) is 22.8. The Bertz CT molecular complexity index is 1390. The Hall–Kier alpha value is -2.94. The van der Waals surface area contributed by atoms with Crippen molar-refractivity contribution in [3.63, 3.8) is 0 Å². The average Bonchev–Trinajstić information content (AvgIpc) is 3.30. The maximum Gasteiger partial charge on any atom is 0.267 e. The minimum atomic E-state index is -0.383. The summed E-state index contributed by atoms with van der Waals surface area (Å²) in [6.07, 6.45) is 0. The van der Waals surface area contributed by atoms with Gasteiger partial charge in [-0.25, -0.2) is 4.98 Å². The molecule has 1 unspecified atom stereocenters. The molecular weight excluding hydrogens is 466 g/mol. The van der Waals surface area contributed by atoms with Crippen LogP contribution >= 0.6 is 23.1 Å². The summed E-state index contributed by atoms with van der Waals surface area (Å²) in [5, 5.41) is 0.734. The lowest BCUT2D eigenvalue weighted by Crippen LogP contribution is -2.44. The zero-order valence-electron chi connectivity index (χ0n) is 19.1. The normalized spacial score (nSPS) is 14.9. The van der Waals surface area contributed by atoms with Gasteiger partial charge in [0.05, 0.1) is 29.5 Å². The fraction of sp³-hybridized carbons (Fsp3) is 0.269. The van der Waals surface area contributed by atoms with Gasteiger partial charge in [0.25, 0.3) is 5.56 Å². The number of para-hydroxylation sites is 1. The number of benzene rings is 2. The highest BCUT2D eigenvalue weighted by Crippen LogP contribution is 2.34. The summed E-state index contributed by atoms with van der Waals surface area (Å²) < 4.78 is 7.04. The van der Waals surface area contributed by atoms with Crippen molar-refractivity contribution in [2.24, 2.45) is 0 Å². The Labute approximate surface area is 206 Å². The molecule has 6 nitrogen and oxygen atoms in total. The molecule has 1 aliphatic rings. The van der Waals surface area contributed by atoms with Gasteiger partial charge in [0.1, 0.15) is 4.83 Å². The molecular formula is C26H25N3O3S2. The van der Waals surface area contributed by atoms with Crippen LogP contribution in [0.1, 0.15) is 12.5 Å². The van der Waals surface area contributed by atoms with Gasteiger partial charge in [-0.3, -0.25) is 14.2 Å². The third-order valence-corrected chi connectivity index (χ3v) is 8.02. The highest BCUT2D eigenvalue weighted by molar-refractivity contribution is 8.00. The van der Waals surface area contributed by atoms with E-state index in [0.29, 0.717) is 41.7 Å². The zero-order valence-corrected chi connectivity index (χ0v) is 20.7. The predicted molar refractivity (Wildman–Crippen MR) is 138 cm³/mol. The van der Waals surface area contributed by atoms with E-state index < -0.39 is 0 Å². The minimum absolute atomic E-state index is 0.0372. The SMILES string of the molecule is Cc1ccccc1-n1c(SC(C)C(=O)N2CCOCC2)nc2sc(-c3ccccc3)cc2c1=O. The van der Waals surface area contributed by atoms with E-state index in [1.807, 2.05) is 79.4 Å². The van der Waals surface area contributed by atoms with Crippen molar-refractivity contribution in [2.75, 3.05) is 26.3 Å². The molecule has 0 bridgehead atoms. The van der Waals surface area contributed by atoms with Gasteiger partial charge in [0.2, 0.25) is 5.91 Å². The number of carbonyl (C=O) groups is 1. The largest absolute Gasteiger partial charge is 0.378 e. The quantitative estimate of drug-likeness (QED) is 0.297. The van der Waals surface area contributed by atoms with Crippen molar-refractivity contribution < 1.29 is 9.53 Å². The molecule has 174 valence electrons. The highest BCUT2D eigenvalue weighted by atomic mass is 32.2. The molecule has 1 fully saturated rings. The number of rotatable bonds is 5. The summed E-state index contributed by atoms with van der Waals surface area (Å²) in [4.78, 5) is 35.3. The summed E-state index contributed by atoms with van der Waals surface area (Å²) in [7, 11) is 0. The minimum Gasteiger partial charge on any atom is -0.378 e. The van der Waals surface area contributed by atoms with Crippen LogP contribution in [0.4, 0.5) is 0 Å². The number of nitrogens with zero attached hydrogens (tertiary/aromatic N) is 3. The first-order chi connectivity index (χ1) is 16.5. The molecule has 0 saturated carbocycles. The molecule has 0 spiro atoms. The van der Waals surface area contributed by atoms with Crippen LogP contribution in [0, 0.1) is 6.92 Å². The molecule has 8 heteroatoms. The number of thioether (sulfide) groups is 1. The van der Waals surface area contributed by atoms with Gasteiger partial charge in [-0.2, -0.15) is 0 Å². The van der Waals surface area contributed by atoms with Crippen LogP contribution in [0.25, 0.3) is 26.3 Å². The van der Waals surface area contributed by atoms with Crippen LogP contribution in [0.15, 0.2) is 70.6 Å². The van der Waals surface area contributed by atoms with E-state index in [9.17, 15) is 9.59 Å². The summed E-state index contributed by atoms with van der Waals surface area (Å²) in [6.45, 7) is 6.15. The summed E-state index contributed by atoms with van der Waals surface area (Å²) in [6, 6.07) is 19.7. The van der Waals surface area contributed by atoms with Crippen molar-refractivity contribution in [3.05, 3.63) is 76.6 Å². The maximum atomic E-state index is 13.8. The third kappa shape index (κ3) is 4.41. The van der Waals surface area contributed by atoms with Crippen LogP contribution in [0.5, 0.6) is 0 Å². The Morgan fingerprint density at radius 1 is 1.09 bits per heavy atom. The van der Waals surface area contributed by atoms with E-state index in [1.165, 1.54) is 23.1 Å². The summed E-state index contributed by atoms with van der Waals surface area (Å²) in [5.41, 5.74) is 2.69. The first-order valence-electron chi connectivity index (χ1n) is 11.2. The number of morpholine rings is 1. The molecule has 0 radical (unpaired) electrons. The van der Waals surface area contributed by atoms with Gasteiger partial charge in [-0.15, -0.1) is 11.3 Å². The number of ether oxygens (including phenoxy) is 1. The van der Waals surface area contributed by atoms with Gasteiger partial charge < -0.3 is 9.64 Å². The molecule has 1 atom stereocenters. The molecule has 2 aromatic heterocycles. The van der Waals surface area contributed by atoms with Gasteiger partial charge in [-0.05, 0) is 37.1 Å². The maximum absolute atomic E-state index is 13.8. The van der Waals surface area contributed by atoms with Crippen LogP contribution in [0.2, 0.25) is 0 Å². The number of aromatic nitrogens is 2.